The van der Waals surface area contributed by atoms with E-state index in [2.05, 4.69) is 38.7 Å². The Labute approximate surface area is 215 Å². The first-order valence-electron chi connectivity index (χ1n) is 12.6. The van der Waals surface area contributed by atoms with E-state index in [4.69, 9.17) is 10.5 Å². The third-order valence-electron chi connectivity index (χ3n) is 7.71. The van der Waals surface area contributed by atoms with Gasteiger partial charge in [0.1, 0.15) is 12.1 Å². The Hall–Kier alpha value is -3.50. The minimum Gasteiger partial charge on any atom is -0.379 e. The predicted octanol–water partition coefficient (Wildman–Crippen LogP) is 3.20. The molecule has 5 rings (SSSR count). The highest BCUT2D eigenvalue weighted by Crippen LogP contribution is 2.40. The molecule has 2 aliphatic rings. The molecule has 0 saturated carbocycles. The zero-order valence-corrected chi connectivity index (χ0v) is 21.4. The maximum Gasteiger partial charge on any atom is 0.258 e. The zero-order valence-electron chi connectivity index (χ0n) is 21.4. The fourth-order valence-corrected chi connectivity index (χ4v) is 5.53. The van der Waals surface area contributed by atoms with Crippen LogP contribution in [0.4, 0.5) is 10.3 Å². The summed E-state index contributed by atoms with van der Waals surface area (Å²) in [6, 6.07) is 4.27. The van der Waals surface area contributed by atoms with Crippen LogP contribution in [-0.2, 0) is 11.2 Å². The smallest absolute Gasteiger partial charge is 0.258 e. The summed E-state index contributed by atoms with van der Waals surface area (Å²) < 4.78 is 20.1. The van der Waals surface area contributed by atoms with Gasteiger partial charge in [0, 0.05) is 49.6 Å². The van der Waals surface area contributed by atoms with E-state index >= 15 is 0 Å². The monoisotopic (exact) mass is 505 g/mol. The van der Waals surface area contributed by atoms with Crippen LogP contribution < -0.4 is 5.73 Å². The number of ether oxygens (including phenoxy) is 1. The number of carbonyl (C=O) groups is 1. The average molecular weight is 506 g/mol. The summed E-state index contributed by atoms with van der Waals surface area (Å²) in [5.41, 5.74) is 9.51. The van der Waals surface area contributed by atoms with Crippen molar-refractivity contribution >= 4 is 11.9 Å². The molecule has 1 aromatic carbocycles. The lowest BCUT2D eigenvalue weighted by Gasteiger charge is -2.48. The van der Waals surface area contributed by atoms with Crippen molar-refractivity contribution in [2.75, 3.05) is 38.6 Å². The second-order valence-corrected chi connectivity index (χ2v) is 9.95. The summed E-state index contributed by atoms with van der Waals surface area (Å²) >= 11 is 0. The molecular weight excluding hydrogens is 473 g/mol. The van der Waals surface area contributed by atoms with E-state index in [9.17, 15) is 9.18 Å². The summed E-state index contributed by atoms with van der Waals surface area (Å²) in [5, 5.41) is 0. The van der Waals surface area contributed by atoms with Crippen LogP contribution in [0.1, 0.15) is 53.6 Å². The summed E-state index contributed by atoms with van der Waals surface area (Å²) in [7, 11) is 0. The third-order valence-corrected chi connectivity index (χ3v) is 7.71. The second-order valence-electron chi connectivity index (χ2n) is 9.95. The van der Waals surface area contributed by atoms with E-state index in [1.165, 1.54) is 18.5 Å². The van der Waals surface area contributed by atoms with E-state index < -0.39 is 6.04 Å². The molecule has 0 radical (unpaired) electrons. The van der Waals surface area contributed by atoms with Gasteiger partial charge in [-0.25, -0.2) is 24.3 Å². The normalized spacial score (nSPS) is 19.9. The number of nitrogens with zero attached hydrogens (tertiary/aromatic N) is 6. The number of anilines is 1. The van der Waals surface area contributed by atoms with Gasteiger partial charge in [0.25, 0.3) is 5.91 Å². The Kier molecular flexibility index (Phi) is 6.87. The van der Waals surface area contributed by atoms with Gasteiger partial charge < -0.3 is 15.4 Å². The molecule has 1 saturated heterocycles. The highest BCUT2D eigenvalue weighted by atomic mass is 19.1. The molecule has 2 atom stereocenters. The number of hydrogen-bond acceptors (Lipinski definition) is 8. The number of aromatic nitrogens is 4. The molecule has 4 heterocycles. The first-order valence-corrected chi connectivity index (χ1v) is 12.6. The van der Waals surface area contributed by atoms with Crippen molar-refractivity contribution in [1.29, 1.82) is 0 Å². The van der Waals surface area contributed by atoms with Gasteiger partial charge in [-0.05, 0) is 43.5 Å². The number of fused-ring (bicyclic) bond motifs is 1. The number of benzene rings is 1. The minimum absolute atomic E-state index is 0.138. The van der Waals surface area contributed by atoms with Gasteiger partial charge >= 0.3 is 0 Å². The number of aryl methyl sites for hydroxylation is 1. The summed E-state index contributed by atoms with van der Waals surface area (Å²) in [6.45, 7) is 9.55. The van der Waals surface area contributed by atoms with Gasteiger partial charge in [-0.3, -0.25) is 9.69 Å². The van der Waals surface area contributed by atoms with Crippen molar-refractivity contribution in [2.24, 2.45) is 0 Å². The minimum atomic E-state index is -0.392. The van der Waals surface area contributed by atoms with Gasteiger partial charge in [0.05, 0.1) is 36.2 Å². The van der Waals surface area contributed by atoms with E-state index in [-0.39, 0.29) is 23.2 Å². The lowest BCUT2D eigenvalue weighted by molar-refractivity contribution is -0.0327. The number of halogens is 1. The molecule has 9 nitrogen and oxygen atoms in total. The largest absolute Gasteiger partial charge is 0.379 e. The number of nitrogens with two attached hydrogens (primary N) is 1. The molecule has 0 bridgehead atoms. The lowest BCUT2D eigenvalue weighted by Crippen LogP contribution is -2.59. The molecule has 2 aromatic heterocycles. The average Bonchev–Trinajstić information content (AvgIpc) is 2.90. The number of amides is 1. The molecule has 194 valence electrons. The van der Waals surface area contributed by atoms with Crippen LogP contribution >= 0.6 is 0 Å². The van der Waals surface area contributed by atoms with Crippen LogP contribution in [0.5, 0.6) is 0 Å². The second kappa shape index (κ2) is 10.1. The fourth-order valence-electron chi connectivity index (χ4n) is 5.53. The highest BCUT2D eigenvalue weighted by Gasteiger charge is 2.42. The molecule has 0 spiro atoms. The maximum atomic E-state index is 14.5. The molecule has 0 aliphatic carbocycles. The first kappa shape index (κ1) is 25.2. The molecule has 2 unspecified atom stereocenters. The topological polar surface area (TPSA) is 110 Å². The number of rotatable bonds is 6. The molecule has 1 fully saturated rings. The van der Waals surface area contributed by atoms with Crippen molar-refractivity contribution < 1.29 is 13.9 Å². The standard InChI is InChI=1S/C27H32FN7O2/c1-4-27(3,34-7-9-37-10-8-34)15-35-23(12-22-24(25(35)36)17(2)32-26(29)33-22)20-6-5-19(28)11-21(20)18-13-30-16-31-14-18/h5-6,11,13-14,16,23H,4,7-10,12,15H2,1-3H3,(H2,29,32,33). The number of carbonyl (C=O) groups excluding carboxylic acids is 1. The van der Waals surface area contributed by atoms with Crippen molar-refractivity contribution in [3.05, 3.63) is 65.3 Å². The first-order chi connectivity index (χ1) is 17.8. The Bertz CT molecular complexity index is 1300. The molecule has 2 N–H and O–H groups in total. The van der Waals surface area contributed by atoms with E-state index in [1.807, 2.05) is 4.90 Å². The fraction of sp³-hybridized carbons (Fsp3) is 0.444. The molecule has 1 amide bonds. The van der Waals surface area contributed by atoms with Crippen LogP contribution in [0.3, 0.4) is 0 Å². The molecule has 37 heavy (non-hydrogen) atoms. The zero-order chi connectivity index (χ0) is 26.2. The van der Waals surface area contributed by atoms with Gasteiger partial charge in [-0.15, -0.1) is 0 Å². The predicted molar refractivity (Wildman–Crippen MR) is 137 cm³/mol. The van der Waals surface area contributed by atoms with E-state index in [1.54, 1.807) is 25.4 Å². The third kappa shape index (κ3) is 4.78. The van der Waals surface area contributed by atoms with Gasteiger partial charge in [0.2, 0.25) is 5.95 Å². The molecule has 2 aliphatic heterocycles. The quantitative estimate of drug-likeness (QED) is 0.544. The van der Waals surface area contributed by atoms with Crippen LogP contribution in [0.15, 0.2) is 36.9 Å². The van der Waals surface area contributed by atoms with Crippen molar-refractivity contribution in [3.63, 3.8) is 0 Å². The van der Waals surface area contributed by atoms with Crippen LogP contribution in [-0.4, -0.2) is 74.0 Å². The lowest BCUT2D eigenvalue weighted by atomic mass is 9.85. The maximum absolute atomic E-state index is 14.5. The summed E-state index contributed by atoms with van der Waals surface area (Å²) in [4.78, 5) is 35.5. The van der Waals surface area contributed by atoms with Gasteiger partial charge in [-0.1, -0.05) is 13.0 Å². The summed E-state index contributed by atoms with van der Waals surface area (Å²) in [6.07, 6.45) is 6.03. The van der Waals surface area contributed by atoms with Crippen molar-refractivity contribution in [2.45, 2.75) is 45.2 Å². The van der Waals surface area contributed by atoms with E-state index in [0.717, 1.165) is 25.1 Å². The number of morpholine rings is 1. The molecular formula is C27H32FN7O2. The Morgan fingerprint density at radius 3 is 2.62 bits per heavy atom. The van der Waals surface area contributed by atoms with Crippen LogP contribution in [0, 0.1) is 12.7 Å². The number of nitrogen functional groups attached to an aromatic ring is 1. The highest BCUT2D eigenvalue weighted by molar-refractivity contribution is 5.98. The van der Waals surface area contributed by atoms with E-state index in [0.29, 0.717) is 54.3 Å². The van der Waals surface area contributed by atoms with Crippen molar-refractivity contribution in [3.8, 4) is 11.1 Å². The number of hydrogen-bond donors (Lipinski definition) is 1. The van der Waals surface area contributed by atoms with Crippen LogP contribution in [0.25, 0.3) is 11.1 Å². The Morgan fingerprint density at radius 2 is 1.92 bits per heavy atom. The summed E-state index contributed by atoms with van der Waals surface area (Å²) in [5.74, 6) is -0.374. The Balaban J connectivity index is 1.64. The Morgan fingerprint density at radius 1 is 1.19 bits per heavy atom. The van der Waals surface area contributed by atoms with Gasteiger partial charge in [0.15, 0.2) is 0 Å². The van der Waals surface area contributed by atoms with Crippen molar-refractivity contribution in [1.82, 2.24) is 29.7 Å². The molecule has 10 heteroatoms. The molecule has 3 aromatic rings. The van der Waals surface area contributed by atoms with Crippen LogP contribution in [0.2, 0.25) is 0 Å². The SMILES string of the molecule is CCC(C)(CN1C(=O)c2c(C)nc(N)nc2CC1c1ccc(F)cc1-c1cncnc1)N1CCOCC1. The van der Waals surface area contributed by atoms with Gasteiger partial charge in [-0.2, -0.15) is 0 Å².